The lowest BCUT2D eigenvalue weighted by Crippen LogP contribution is -2.38. The number of fused-ring (bicyclic) bond motifs is 1. The third-order valence-electron chi connectivity index (χ3n) is 4.98. The van der Waals surface area contributed by atoms with Crippen LogP contribution in [0, 0.1) is 6.92 Å². The molecule has 1 aliphatic rings. The van der Waals surface area contributed by atoms with Gasteiger partial charge in [0.05, 0.1) is 18.6 Å². The van der Waals surface area contributed by atoms with E-state index >= 15 is 0 Å². The van der Waals surface area contributed by atoms with E-state index in [1.807, 2.05) is 0 Å². The lowest BCUT2D eigenvalue weighted by atomic mass is 10.1. The first kappa shape index (κ1) is 17.8. The minimum absolute atomic E-state index is 0.316. The zero-order valence-corrected chi connectivity index (χ0v) is 16.3. The second-order valence-electron chi connectivity index (χ2n) is 7.37. The van der Waals surface area contributed by atoms with Gasteiger partial charge in [-0.3, -0.25) is 0 Å². The van der Waals surface area contributed by atoms with Crippen LogP contribution in [0.25, 0.3) is 11.0 Å². The molecule has 1 aromatic carbocycles. The monoisotopic (exact) mass is 365 g/mol. The Morgan fingerprint density at radius 2 is 1.89 bits per heavy atom. The smallest absolute Gasteiger partial charge is 0.229 e. The highest BCUT2D eigenvalue weighted by Gasteiger charge is 2.22. The number of nitrogens with zero attached hydrogens (tertiary/aromatic N) is 4. The van der Waals surface area contributed by atoms with E-state index in [1.54, 1.807) is 0 Å². The standard InChI is InChI=1S/C21H27N5O/c1-15(2)26(14-17-7-5-4-6-8-17)20-18-13-16(3)22-19(18)23-21(24-20)25-9-11-27-12-10-25/h4-8,13,15H,9-12,14H2,1-3H3,(H,22,23,24). The van der Waals surface area contributed by atoms with Crippen LogP contribution in [0.1, 0.15) is 25.1 Å². The van der Waals surface area contributed by atoms with Gasteiger partial charge in [-0.15, -0.1) is 0 Å². The van der Waals surface area contributed by atoms with Gasteiger partial charge in [-0.05, 0) is 32.4 Å². The molecule has 1 fully saturated rings. The summed E-state index contributed by atoms with van der Waals surface area (Å²) in [5.41, 5.74) is 3.28. The van der Waals surface area contributed by atoms with Gasteiger partial charge in [0, 0.05) is 31.4 Å². The number of benzene rings is 1. The molecule has 0 radical (unpaired) electrons. The van der Waals surface area contributed by atoms with Gasteiger partial charge in [0.1, 0.15) is 11.5 Å². The van der Waals surface area contributed by atoms with Gasteiger partial charge in [0.15, 0.2) is 0 Å². The summed E-state index contributed by atoms with van der Waals surface area (Å²) in [5, 5.41) is 1.08. The molecule has 1 N–H and O–H groups in total. The maximum atomic E-state index is 5.49. The van der Waals surface area contributed by atoms with Crippen molar-refractivity contribution in [2.24, 2.45) is 0 Å². The third kappa shape index (κ3) is 3.76. The van der Waals surface area contributed by atoms with Crippen LogP contribution >= 0.6 is 0 Å². The number of morpholine rings is 1. The largest absolute Gasteiger partial charge is 0.378 e. The van der Waals surface area contributed by atoms with Gasteiger partial charge in [0.2, 0.25) is 5.95 Å². The first-order valence-corrected chi connectivity index (χ1v) is 9.62. The average molecular weight is 365 g/mol. The Bertz CT molecular complexity index is 900. The van der Waals surface area contributed by atoms with Crippen LogP contribution in [0.4, 0.5) is 11.8 Å². The number of hydrogen-bond acceptors (Lipinski definition) is 5. The quantitative estimate of drug-likeness (QED) is 0.750. The maximum Gasteiger partial charge on any atom is 0.229 e. The average Bonchev–Trinajstić information content (AvgIpc) is 3.07. The second kappa shape index (κ2) is 7.56. The maximum absolute atomic E-state index is 5.49. The lowest BCUT2D eigenvalue weighted by molar-refractivity contribution is 0.122. The molecule has 0 spiro atoms. The zero-order valence-electron chi connectivity index (χ0n) is 16.3. The number of hydrogen-bond donors (Lipinski definition) is 1. The molecule has 0 unspecified atom stereocenters. The number of aromatic nitrogens is 3. The Hall–Kier alpha value is -2.60. The summed E-state index contributed by atoms with van der Waals surface area (Å²) in [6.07, 6.45) is 0. The molecule has 4 rings (SSSR count). The Morgan fingerprint density at radius 3 is 2.59 bits per heavy atom. The highest BCUT2D eigenvalue weighted by atomic mass is 16.5. The van der Waals surface area contributed by atoms with Crippen molar-refractivity contribution in [3.63, 3.8) is 0 Å². The molecule has 0 saturated carbocycles. The number of ether oxygens (including phenoxy) is 1. The van der Waals surface area contributed by atoms with Crippen molar-refractivity contribution in [3.05, 3.63) is 47.7 Å². The van der Waals surface area contributed by atoms with Crippen LogP contribution < -0.4 is 9.80 Å². The van der Waals surface area contributed by atoms with E-state index in [9.17, 15) is 0 Å². The van der Waals surface area contributed by atoms with Gasteiger partial charge in [-0.25, -0.2) is 0 Å². The second-order valence-corrected chi connectivity index (χ2v) is 7.37. The van der Waals surface area contributed by atoms with Crippen molar-refractivity contribution < 1.29 is 4.74 Å². The van der Waals surface area contributed by atoms with Crippen molar-refractivity contribution in [2.75, 3.05) is 36.1 Å². The summed E-state index contributed by atoms with van der Waals surface area (Å²) < 4.78 is 5.49. The SMILES string of the molecule is Cc1cc2c(N(Cc3ccccc3)C(C)C)nc(N3CCOCC3)nc2[nH]1. The van der Waals surface area contributed by atoms with Crippen molar-refractivity contribution in [2.45, 2.75) is 33.4 Å². The van der Waals surface area contributed by atoms with Gasteiger partial charge in [-0.2, -0.15) is 9.97 Å². The molecule has 0 aliphatic carbocycles. The van der Waals surface area contributed by atoms with E-state index in [0.717, 1.165) is 61.3 Å². The summed E-state index contributed by atoms with van der Waals surface area (Å²) in [4.78, 5) is 17.8. The Kier molecular flexibility index (Phi) is 4.99. The third-order valence-corrected chi connectivity index (χ3v) is 4.98. The predicted molar refractivity (Wildman–Crippen MR) is 109 cm³/mol. The fourth-order valence-electron chi connectivity index (χ4n) is 3.52. The van der Waals surface area contributed by atoms with Crippen LogP contribution in [-0.2, 0) is 11.3 Å². The normalized spacial score (nSPS) is 14.9. The van der Waals surface area contributed by atoms with Crippen molar-refractivity contribution in [3.8, 4) is 0 Å². The van der Waals surface area contributed by atoms with E-state index in [1.165, 1.54) is 5.56 Å². The molecule has 3 heterocycles. The molecule has 3 aromatic rings. The first-order chi connectivity index (χ1) is 13.1. The van der Waals surface area contributed by atoms with Gasteiger partial charge < -0.3 is 19.5 Å². The first-order valence-electron chi connectivity index (χ1n) is 9.62. The molecule has 0 amide bonds. The van der Waals surface area contributed by atoms with Crippen molar-refractivity contribution >= 4 is 22.8 Å². The summed E-state index contributed by atoms with van der Waals surface area (Å²) >= 11 is 0. The molecule has 2 aromatic heterocycles. The molecular weight excluding hydrogens is 338 g/mol. The molecule has 0 bridgehead atoms. The van der Waals surface area contributed by atoms with Crippen LogP contribution in [0.15, 0.2) is 36.4 Å². The topological polar surface area (TPSA) is 57.3 Å². The molecule has 1 aliphatic heterocycles. The van der Waals surface area contributed by atoms with Crippen LogP contribution in [0.5, 0.6) is 0 Å². The van der Waals surface area contributed by atoms with E-state index in [4.69, 9.17) is 14.7 Å². The lowest BCUT2D eigenvalue weighted by Gasteiger charge is -2.31. The van der Waals surface area contributed by atoms with Crippen LogP contribution in [0.2, 0.25) is 0 Å². The van der Waals surface area contributed by atoms with E-state index in [-0.39, 0.29) is 0 Å². The highest BCUT2D eigenvalue weighted by Crippen LogP contribution is 2.30. The molecule has 0 atom stereocenters. The van der Waals surface area contributed by atoms with Crippen molar-refractivity contribution in [1.82, 2.24) is 15.0 Å². The number of aryl methyl sites for hydroxylation is 1. The van der Waals surface area contributed by atoms with Crippen LogP contribution in [0.3, 0.4) is 0 Å². The molecule has 1 saturated heterocycles. The van der Waals surface area contributed by atoms with Gasteiger partial charge in [-0.1, -0.05) is 30.3 Å². The predicted octanol–water partition coefficient (Wildman–Crippen LogP) is 3.52. The fraction of sp³-hybridized carbons (Fsp3) is 0.429. The molecular formula is C21H27N5O. The molecule has 27 heavy (non-hydrogen) atoms. The number of anilines is 2. The minimum atomic E-state index is 0.316. The van der Waals surface area contributed by atoms with E-state index in [0.29, 0.717) is 6.04 Å². The van der Waals surface area contributed by atoms with Gasteiger partial charge in [0.25, 0.3) is 0 Å². The number of aromatic amines is 1. The fourth-order valence-corrected chi connectivity index (χ4v) is 3.52. The Labute approximate surface area is 160 Å². The summed E-state index contributed by atoms with van der Waals surface area (Å²) in [6.45, 7) is 10.4. The van der Waals surface area contributed by atoms with E-state index < -0.39 is 0 Å². The summed E-state index contributed by atoms with van der Waals surface area (Å²) in [5.74, 6) is 1.77. The molecule has 142 valence electrons. The highest BCUT2D eigenvalue weighted by molar-refractivity contribution is 5.89. The van der Waals surface area contributed by atoms with Crippen molar-refractivity contribution in [1.29, 1.82) is 0 Å². The number of H-pyrrole nitrogens is 1. The summed E-state index contributed by atoms with van der Waals surface area (Å²) in [6, 6.07) is 13.0. The zero-order chi connectivity index (χ0) is 18.8. The van der Waals surface area contributed by atoms with Gasteiger partial charge >= 0.3 is 0 Å². The number of rotatable bonds is 5. The molecule has 6 heteroatoms. The number of nitrogens with one attached hydrogen (secondary N) is 1. The Morgan fingerprint density at radius 1 is 1.15 bits per heavy atom. The molecule has 6 nitrogen and oxygen atoms in total. The van der Waals surface area contributed by atoms with Crippen LogP contribution in [-0.4, -0.2) is 47.3 Å². The Balaban J connectivity index is 1.79. The summed E-state index contributed by atoms with van der Waals surface area (Å²) in [7, 11) is 0. The minimum Gasteiger partial charge on any atom is -0.378 e. The van der Waals surface area contributed by atoms with E-state index in [2.05, 4.69) is 72.0 Å².